The average Bonchev–Trinajstić information content (AvgIpc) is 3.66. The van der Waals surface area contributed by atoms with Gasteiger partial charge in [0.2, 0.25) is 0 Å². The Morgan fingerprint density at radius 2 is 0.943 bits per heavy atom. The van der Waals surface area contributed by atoms with E-state index in [9.17, 15) is 19.8 Å². The second-order valence-corrected chi connectivity index (χ2v) is 19.1. The number of nitriles is 3. The highest BCUT2D eigenvalue weighted by atomic mass is 32.2. The molecule has 0 aliphatic heterocycles. The van der Waals surface area contributed by atoms with Crippen LogP contribution in [0.5, 0.6) is 11.5 Å². The molecule has 4 aromatic rings. The van der Waals surface area contributed by atoms with Gasteiger partial charge in [-0.15, -0.1) is 0 Å². The summed E-state index contributed by atoms with van der Waals surface area (Å²) in [7, 11) is 0. The smallest absolute Gasteiger partial charge is 0.195 e. The molecule has 0 aliphatic carbocycles. The van der Waals surface area contributed by atoms with Crippen LogP contribution in [0, 0.1) is 32.0 Å². The molecule has 0 spiro atoms. The number of nitrogens with one attached hydrogen (secondary N) is 2. The number of phenolic OH excluding ortho intramolecular Hbond substituents is 2. The van der Waals surface area contributed by atoms with E-state index < -0.39 is 0 Å². The third kappa shape index (κ3) is 10.1. The van der Waals surface area contributed by atoms with E-state index in [2.05, 4.69) is 9.97 Å². The van der Waals surface area contributed by atoms with E-state index in [-0.39, 0.29) is 44.7 Å². The molecular weight excluding hydrogens is 723 g/mol. The molecule has 4 N–H and O–H groups in total. The van der Waals surface area contributed by atoms with Gasteiger partial charge in [0, 0.05) is 69.3 Å². The number of nitrogens with zero attached hydrogens (tertiary/aromatic N) is 3. The number of thioether (sulfide) groups is 3. The summed E-state index contributed by atoms with van der Waals surface area (Å²) >= 11 is 2.71. The van der Waals surface area contributed by atoms with Crippen molar-refractivity contribution in [3.05, 3.63) is 87.2 Å². The fourth-order valence-electron chi connectivity index (χ4n) is 5.60. The zero-order valence-corrected chi connectivity index (χ0v) is 34.8. The summed E-state index contributed by atoms with van der Waals surface area (Å²) in [6.45, 7) is 24.0. The van der Waals surface area contributed by atoms with Crippen LogP contribution in [0.25, 0.3) is 0 Å². The van der Waals surface area contributed by atoms with Crippen molar-refractivity contribution in [1.29, 1.82) is 15.8 Å². The highest BCUT2D eigenvalue weighted by molar-refractivity contribution is 8.04. The van der Waals surface area contributed by atoms with Crippen LogP contribution < -0.4 is 0 Å². The molecule has 0 radical (unpaired) electrons. The number of carbonyl (C=O) groups is 2. The lowest BCUT2D eigenvalue weighted by Crippen LogP contribution is -2.19. The van der Waals surface area contributed by atoms with Crippen LogP contribution in [0.2, 0.25) is 0 Å². The largest absolute Gasteiger partial charge is 0.507 e. The van der Waals surface area contributed by atoms with Crippen LogP contribution in [0.1, 0.15) is 137 Å². The quantitative estimate of drug-likeness (QED) is 0.0803. The van der Waals surface area contributed by atoms with E-state index >= 15 is 0 Å². The summed E-state index contributed by atoms with van der Waals surface area (Å²) < 4.78 is 0. The lowest BCUT2D eigenvalue weighted by atomic mass is 9.78. The Morgan fingerprint density at radius 1 is 0.566 bits per heavy atom. The molecule has 0 saturated heterocycles. The fraction of sp³-hybridized carbons (Fsp3) is 0.390. The molecular formula is C41H47N5O4S3. The maximum absolute atomic E-state index is 13.3. The van der Waals surface area contributed by atoms with Crippen LogP contribution >= 0.6 is 35.3 Å². The van der Waals surface area contributed by atoms with Gasteiger partial charge in [-0.3, -0.25) is 9.59 Å². The minimum Gasteiger partial charge on any atom is -0.507 e. The topological polar surface area (TPSA) is 178 Å². The van der Waals surface area contributed by atoms with Gasteiger partial charge in [0.25, 0.3) is 0 Å². The van der Waals surface area contributed by atoms with E-state index in [0.29, 0.717) is 48.3 Å². The predicted molar refractivity (Wildman–Crippen MR) is 214 cm³/mol. The van der Waals surface area contributed by atoms with Crippen molar-refractivity contribution in [1.82, 2.24) is 9.97 Å². The van der Waals surface area contributed by atoms with E-state index in [1.54, 1.807) is 42.7 Å². The Bertz CT molecular complexity index is 2080. The van der Waals surface area contributed by atoms with Crippen LogP contribution in [0.3, 0.4) is 0 Å². The normalized spacial score (nSPS) is 11.9. The first-order chi connectivity index (χ1) is 24.4. The molecule has 2 aromatic carbocycles. The number of phenols is 2. The van der Waals surface area contributed by atoms with Crippen molar-refractivity contribution in [3.8, 4) is 27.7 Å². The first kappa shape index (κ1) is 42.9. The summed E-state index contributed by atoms with van der Waals surface area (Å²) in [5.74, 6) is 0.0417. The van der Waals surface area contributed by atoms with Crippen molar-refractivity contribution < 1.29 is 19.8 Å². The van der Waals surface area contributed by atoms with Crippen LogP contribution in [-0.2, 0) is 21.7 Å². The molecule has 0 atom stereocenters. The SMILES string of the molecule is CC(C)(C)c1cc(C(=O)c2c[nH]cc2SC#N)cc(C(C)(C)C)c1O.CC(C)(C)c1cc(C(=O)c2cc(SC#N)[nH]c2SC#N)cc(C(C)(C)C)c1O. The van der Waals surface area contributed by atoms with Crippen LogP contribution in [0.4, 0.5) is 0 Å². The number of aromatic nitrogens is 2. The summed E-state index contributed by atoms with van der Waals surface area (Å²) in [6, 6.07) is 8.56. The zero-order valence-electron chi connectivity index (χ0n) is 32.3. The Labute approximate surface area is 325 Å². The van der Waals surface area contributed by atoms with E-state index in [4.69, 9.17) is 15.8 Å². The van der Waals surface area contributed by atoms with Crippen LogP contribution in [0.15, 0.2) is 57.7 Å². The lowest BCUT2D eigenvalue weighted by Gasteiger charge is -2.28. The first-order valence-corrected chi connectivity index (χ1v) is 19.2. The van der Waals surface area contributed by atoms with E-state index in [0.717, 1.165) is 46.4 Å². The Balaban J connectivity index is 0.000000287. The molecule has 0 bridgehead atoms. The molecule has 0 saturated carbocycles. The molecule has 53 heavy (non-hydrogen) atoms. The van der Waals surface area contributed by atoms with Gasteiger partial charge >= 0.3 is 0 Å². The highest BCUT2D eigenvalue weighted by Gasteiger charge is 2.30. The standard InChI is InChI=1S/C21H23N3O2S2.C20H24N2O2S/c1-20(2,3)14-7-12(8-15(18(14)26)21(4,5)6)17(25)13-9-16(27-10-22)24-19(13)28-11-23;1-19(2,3)14-7-12(8-15(18(14)24)20(4,5)6)17(23)13-9-22-10-16(13)25-11-21/h7-9,24,26H,1-6H3;7-10,22,24H,1-6H3. The molecule has 9 nitrogen and oxygen atoms in total. The number of H-pyrrole nitrogens is 2. The maximum atomic E-state index is 13.3. The van der Waals surface area contributed by atoms with Crippen molar-refractivity contribution in [2.24, 2.45) is 0 Å². The number of hydrogen-bond acceptors (Lipinski definition) is 10. The molecule has 0 aliphatic rings. The fourth-order valence-corrected chi connectivity index (χ4v) is 7.09. The number of carbonyl (C=O) groups excluding carboxylic acids is 2. The summed E-state index contributed by atoms with van der Waals surface area (Å²) in [5, 5.41) is 55.3. The van der Waals surface area contributed by atoms with Crippen LogP contribution in [-0.4, -0.2) is 31.7 Å². The average molecular weight is 770 g/mol. The second-order valence-electron chi connectivity index (χ2n) is 16.7. The second kappa shape index (κ2) is 16.2. The molecule has 0 fully saturated rings. The number of aromatic amines is 2. The van der Waals surface area contributed by atoms with Gasteiger partial charge in [-0.2, -0.15) is 15.8 Å². The van der Waals surface area contributed by atoms with Crippen molar-refractivity contribution in [2.75, 3.05) is 0 Å². The minimum absolute atomic E-state index is 0.157. The van der Waals surface area contributed by atoms with Crippen molar-refractivity contribution in [3.63, 3.8) is 0 Å². The molecule has 4 rings (SSSR count). The Kier molecular flexibility index (Phi) is 13.1. The van der Waals surface area contributed by atoms with Crippen molar-refractivity contribution >= 4 is 46.9 Å². The number of thiocyanates is 3. The first-order valence-electron chi connectivity index (χ1n) is 16.8. The van der Waals surface area contributed by atoms with Gasteiger partial charge in [-0.1, -0.05) is 83.1 Å². The minimum atomic E-state index is -0.357. The van der Waals surface area contributed by atoms with Gasteiger partial charge in [0.1, 0.15) is 27.7 Å². The van der Waals surface area contributed by atoms with Gasteiger partial charge in [0.15, 0.2) is 11.6 Å². The number of rotatable bonds is 7. The summed E-state index contributed by atoms with van der Waals surface area (Å²) in [6.07, 6.45) is 3.26. The zero-order chi connectivity index (χ0) is 40.3. The number of benzene rings is 2. The lowest BCUT2D eigenvalue weighted by molar-refractivity contribution is 0.102. The number of hydrogen-bond donors (Lipinski definition) is 4. The third-order valence-electron chi connectivity index (χ3n) is 8.39. The Morgan fingerprint density at radius 3 is 1.30 bits per heavy atom. The molecule has 278 valence electrons. The maximum Gasteiger partial charge on any atom is 0.195 e. The molecule has 2 heterocycles. The third-order valence-corrected chi connectivity index (χ3v) is 10.2. The van der Waals surface area contributed by atoms with E-state index in [1.165, 1.54) is 0 Å². The molecule has 0 amide bonds. The Hall–Kier alpha value is -4.54. The van der Waals surface area contributed by atoms with Gasteiger partial charge in [-0.25, -0.2) is 0 Å². The number of aromatic hydroxyl groups is 2. The molecule has 2 aromatic heterocycles. The van der Waals surface area contributed by atoms with Gasteiger partial charge in [-0.05, 0) is 63.8 Å². The highest BCUT2D eigenvalue weighted by Crippen LogP contribution is 2.42. The molecule has 12 heteroatoms. The van der Waals surface area contributed by atoms with E-state index in [1.807, 2.05) is 99.3 Å². The molecule has 0 unspecified atom stereocenters. The monoisotopic (exact) mass is 769 g/mol. The summed E-state index contributed by atoms with van der Waals surface area (Å²) in [5.41, 5.74) is 3.33. The predicted octanol–water partition coefficient (Wildman–Crippen LogP) is 10.8. The van der Waals surface area contributed by atoms with Gasteiger partial charge in [0.05, 0.1) is 26.1 Å². The van der Waals surface area contributed by atoms with Gasteiger partial charge < -0.3 is 20.2 Å². The van der Waals surface area contributed by atoms with Crippen molar-refractivity contribution in [2.45, 2.75) is 120 Å². The number of ketones is 2. The summed E-state index contributed by atoms with van der Waals surface area (Å²) in [4.78, 5) is 32.8.